The lowest BCUT2D eigenvalue weighted by Gasteiger charge is -2.07. The first-order valence-corrected chi connectivity index (χ1v) is 4.23. The van der Waals surface area contributed by atoms with Gasteiger partial charge in [-0.1, -0.05) is 11.6 Å². The molecule has 0 aliphatic rings. The maximum absolute atomic E-state index is 11.7. The molecule has 0 bridgehead atoms. The van der Waals surface area contributed by atoms with Crippen molar-refractivity contribution in [1.82, 2.24) is 10.3 Å². The first-order valence-electron chi connectivity index (χ1n) is 3.85. The lowest BCUT2D eigenvalue weighted by Crippen LogP contribution is -2.28. The zero-order valence-corrected chi connectivity index (χ0v) is 7.86. The van der Waals surface area contributed by atoms with Crippen molar-refractivity contribution >= 4 is 11.6 Å². The van der Waals surface area contributed by atoms with Crippen LogP contribution in [0.2, 0.25) is 5.02 Å². The number of hydrogen-bond acceptors (Lipinski definition) is 2. The highest BCUT2D eigenvalue weighted by Crippen LogP contribution is 2.12. The Hall–Kier alpha value is -0.810. The van der Waals surface area contributed by atoms with Gasteiger partial charge in [-0.05, 0) is 12.1 Å². The van der Waals surface area contributed by atoms with E-state index in [1.807, 2.05) is 0 Å². The van der Waals surface area contributed by atoms with Crippen molar-refractivity contribution in [3.8, 4) is 0 Å². The third-order valence-electron chi connectivity index (χ3n) is 1.42. The summed E-state index contributed by atoms with van der Waals surface area (Å²) in [6.45, 7) is -0.937. The number of nitrogens with one attached hydrogen (secondary N) is 1. The molecule has 0 radical (unpaired) electrons. The molecule has 0 saturated carbocycles. The minimum atomic E-state index is -4.19. The predicted molar refractivity (Wildman–Crippen MR) is 47.0 cm³/mol. The highest BCUT2D eigenvalue weighted by Gasteiger charge is 2.26. The third kappa shape index (κ3) is 4.43. The van der Waals surface area contributed by atoms with Crippen LogP contribution in [0.5, 0.6) is 0 Å². The Morgan fingerprint density at radius 3 is 2.57 bits per heavy atom. The fourth-order valence-electron chi connectivity index (χ4n) is 0.843. The summed E-state index contributed by atoms with van der Waals surface area (Å²) in [6, 6.07) is 3.16. The van der Waals surface area contributed by atoms with Gasteiger partial charge < -0.3 is 5.32 Å². The normalized spacial score (nSPS) is 11.7. The van der Waals surface area contributed by atoms with Crippen LogP contribution in [0.1, 0.15) is 5.69 Å². The maximum Gasteiger partial charge on any atom is 0.401 e. The van der Waals surface area contributed by atoms with Gasteiger partial charge in [0, 0.05) is 12.7 Å². The fourth-order valence-corrected chi connectivity index (χ4v) is 0.955. The topological polar surface area (TPSA) is 24.9 Å². The summed E-state index contributed by atoms with van der Waals surface area (Å²) in [5.41, 5.74) is 0.527. The first kappa shape index (κ1) is 11.3. The zero-order valence-electron chi connectivity index (χ0n) is 7.11. The third-order valence-corrected chi connectivity index (χ3v) is 1.64. The Bertz CT molecular complexity index is 284. The van der Waals surface area contributed by atoms with Gasteiger partial charge >= 0.3 is 6.18 Å². The summed E-state index contributed by atoms with van der Waals surface area (Å²) < 4.78 is 35.2. The van der Waals surface area contributed by atoms with Gasteiger partial charge in [-0.15, -0.1) is 0 Å². The van der Waals surface area contributed by atoms with E-state index >= 15 is 0 Å². The van der Waals surface area contributed by atoms with Crippen molar-refractivity contribution in [1.29, 1.82) is 0 Å². The molecule has 0 unspecified atom stereocenters. The molecule has 14 heavy (non-hydrogen) atoms. The molecule has 1 aromatic heterocycles. The van der Waals surface area contributed by atoms with Gasteiger partial charge in [-0.3, -0.25) is 4.98 Å². The van der Waals surface area contributed by atoms with Crippen molar-refractivity contribution in [3.05, 3.63) is 29.0 Å². The van der Waals surface area contributed by atoms with Gasteiger partial charge in [-0.25, -0.2) is 0 Å². The van der Waals surface area contributed by atoms with E-state index in [-0.39, 0.29) is 6.54 Å². The van der Waals surface area contributed by atoms with Gasteiger partial charge in [0.15, 0.2) is 0 Å². The fraction of sp³-hybridized carbons (Fsp3) is 0.375. The highest BCUT2D eigenvalue weighted by molar-refractivity contribution is 6.30. The van der Waals surface area contributed by atoms with E-state index in [0.717, 1.165) is 0 Å². The summed E-state index contributed by atoms with van der Waals surface area (Å²) in [7, 11) is 0. The zero-order chi connectivity index (χ0) is 10.6. The predicted octanol–water partition coefficient (Wildman–Crippen LogP) is 2.39. The minimum absolute atomic E-state index is 0.0800. The SMILES string of the molecule is FC(F)(F)CNCc1ccc(Cl)cn1. The van der Waals surface area contributed by atoms with Crippen LogP contribution in [-0.4, -0.2) is 17.7 Å². The van der Waals surface area contributed by atoms with Crippen LogP contribution in [-0.2, 0) is 6.54 Å². The smallest absolute Gasteiger partial charge is 0.303 e. The van der Waals surface area contributed by atoms with Crippen LogP contribution < -0.4 is 5.32 Å². The highest BCUT2D eigenvalue weighted by atomic mass is 35.5. The average Bonchev–Trinajstić information content (AvgIpc) is 2.06. The molecule has 0 atom stereocenters. The van der Waals surface area contributed by atoms with Gasteiger partial charge in [0.25, 0.3) is 0 Å². The van der Waals surface area contributed by atoms with Crippen LogP contribution in [0.25, 0.3) is 0 Å². The summed E-state index contributed by atoms with van der Waals surface area (Å²) in [6.07, 6.45) is -2.79. The molecule has 6 heteroatoms. The molecule has 0 aliphatic heterocycles. The van der Waals surface area contributed by atoms with Crippen molar-refractivity contribution in [2.24, 2.45) is 0 Å². The Labute approximate surface area is 84.1 Å². The summed E-state index contributed by atoms with van der Waals surface area (Å²) >= 11 is 5.56. The van der Waals surface area contributed by atoms with Crippen molar-refractivity contribution in [2.75, 3.05) is 6.54 Å². The molecule has 0 fully saturated rings. The molecule has 0 aromatic carbocycles. The lowest BCUT2D eigenvalue weighted by molar-refractivity contribution is -0.125. The molecule has 1 rings (SSSR count). The van der Waals surface area contributed by atoms with E-state index in [0.29, 0.717) is 10.7 Å². The van der Waals surface area contributed by atoms with E-state index in [1.54, 1.807) is 12.1 Å². The van der Waals surface area contributed by atoms with Gasteiger partial charge in [0.1, 0.15) is 0 Å². The van der Waals surface area contributed by atoms with Crippen LogP contribution in [0.3, 0.4) is 0 Å². The van der Waals surface area contributed by atoms with Gasteiger partial charge in [0.2, 0.25) is 0 Å². The molecule has 1 heterocycles. The number of pyridine rings is 1. The standard InChI is InChI=1S/C8H8ClF3N2/c9-6-1-2-7(14-3-6)4-13-5-8(10,11)12/h1-3,13H,4-5H2. The second kappa shape index (κ2) is 4.61. The second-order valence-corrected chi connectivity index (χ2v) is 3.12. The molecule has 1 N–H and O–H groups in total. The van der Waals surface area contributed by atoms with E-state index in [1.165, 1.54) is 6.20 Å². The first-order chi connectivity index (χ1) is 6.47. The van der Waals surface area contributed by atoms with Crippen molar-refractivity contribution in [3.63, 3.8) is 0 Å². The number of rotatable bonds is 3. The molecule has 0 saturated heterocycles. The van der Waals surface area contributed by atoms with Crippen LogP contribution in [0.4, 0.5) is 13.2 Å². The van der Waals surface area contributed by atoms with Crippen molar-refractivity contribution in [2.45, 2.75) is 12.7 Å². The molecular weight excluding hydrogens is 217 g/mol. The maximum atomic E-state index is 11.7. The molecule has 0 spiro atoms. The van der Waals surface area contributed by atoms with Gasteiger partial charge in [-0.2, -0.15) is 13.2 Å². The molecule has 0 amide bonds. The largest absolute Gasteiger partial charge is 0.401 e. The average molecular weight is 225 g/mol. The molecule has 78 valence electrons. The van der Waals surface area contributed by atoms with Crippen LogP contribution in [0, 0.1) is 0 Å². The number of aromatic nitrogens is 1. The van der Waals surface area contributed by atoms with E-state index in [2.05, 4.69) is 10.3 Å². The molecule has 0 aliphatic carbocycles. The van der Waals surface area contributed by atoms with Crippen molar-refractivity contribution < 1.29 is 13.2 Å². The molecular formula is C8H8ClF3N2. The van der Waals surface area contributed by atoms with E-state index in [4.69, 9.17) is 11.6 Å². The second-order valence-electron chi connectivity index (χ2n) is 2.69. The van der Waals surface area contributed by atoms with Crippen LogP contribution >= 0.6 is 11.6 Å². The number of alkyl halides is 3. The Morgan fingerprint density at radius 2 is 2.07 bits per heavy atom. The molecule has 2 nitrogen and oxygen atoms in total. The number of hydrogen-bond donors (Lipinski definition) is 1. The Morgan fingerprint density at radius 1 is 1.36 bits per heavy atom. The molecule has 1 aromatic rings. The van der Waals surface area contributed by atoms with E-state index < -0.39 is 12.7 Å². The minimum Gasteiger partial charge on any atom is -0.303 e. The van der Waals surface area contributed by atoms with Crippen LogP contribution in [0.15, 0.2) is 18.3 Å². The number of halogens is 4. The summed E-state index contributed by atoms with van der Waals surface area (Å²) in [5.74, 6) is 0. The summed E-state index contributed by atoms with van der Waals surface area (Å²) in [4.78, 5) is 3.84. The Kier molecular flexibility index (Phi) is 3.71. The summed E-state index contributed by atoms with van der Waals surface area (Å²) in [5, 5.41) is 2.69. The van der Waals surface area contributed by atoms with Gasteiger partial charge in [0.05, 0.1) is 17.3 Å². The lowest BCUT2D eigenvalue weighted by atomic mass is 10.3. The van der Waals surface area contributed by atoms with E-state index in [9.17, 15) is 13.2 Å². The number of nitrogens with zero attached hydrogens (tertiary/aromatic N) is 1. The quantitative estimate of drug-likeness (QED) is 0.853. The monoisotopic (exact) mass is 224 g/mol. The Balaban J connectivity index is 2.35.